The molecule has 3 rings (SSSR count). The fourth-order valence-electron chi connectivity index (χ4n) is 4.48. The number of carbonyl (C=O) groups is 4. The molecule has 3 aromatic carbocycles. The van der Waals surface area contributed by atoms with E-state index in [1.54, 1.807) is 30.3 Å². The zero-order valence-electron chi connectivity index (χ0n) is 26.2. The van der Waals surface area contributed by atoms with Crippen LogP contribution in [0.15, 0.2) is 72.8 Å². The smallest absolute Gasteiger partial charge is 0.405 e. The lowest BCUT2D eigenvalue weighted by Crippen LogP contribution is -2.58. The molecule has 0 heterocycles. The number of methoxy groups -OCH3 is 1. The maximum atomic E-state index is 14.8. The Kier molecular flexibility index (Phi) is 13.4. The second-order valence-corrected chi connectivity index (χ2v) is 12.0. The minimum Gasteiger partial charge on any atom is -0.497 e. The molecular weight excluding hydrogens is 700 g/mol. The van der Waals surface area contributed by atoms with Crippen molar-refractivity contribution >= 4 is 46.7 Å². The highest BCUT2D eigenvalue weighted by atomic mass is 35.5. The Labute approximate surface area is 288 Å². The number of Topliss-reactive ketones (excluding diaryl/α,β-unsaturated/α-hetero) is 1. The molecule has 9 nitrogen and oxygen atoms in total. The van der Waals surface area contributed by atoms with Crippen molar-refractivity contribution in [1.29, 1.82) is 0 Å². The minimum absolute atomic E-state index is 0.0138. The number of halogens is 7. The van der Waals surface area contributed by atoms with Gasteiger partial charge in [0.1, 0.15) is 24.1 Å². The summed E-state index contributed by atoms with van der Waals surface area (Å²) in [6.07, 6.45) is -6.35. The molecule has 0 aliphatic rings. The van der Waals surface area contributed by atoms with E-state index < -0.39 is 66.3 Å². The quantitative estimate of drug-likeness (QED) is 0.133. The van der Waals surface area contributed by atoms with Crippen LogP contribution in [0.4, 0.5) is 22.0 Å². The van der Waals surface area contributed by atoms with Gasteiger partial charge < -0.3 is 25.4 Å². The Balaban J connectivity index is 1.95. The number of alkyl halides is 5. The molecule has 3 N–H and O–H groups in total. The maximum absolute atomic E-state index is 14.8. The average Bonchev–Trinajstić information content (AvgIpc) is 3.03. The largest absolute Gasteiger partial charge is 0.497 e. The minimum atomic E-state index is -5.02. The normalized spacial score (nSPS) is 13.5. The molecular formula is C33H32Cl2F5N3O6. The van der Waals surface area contributed by atoms with Crippen LogP contribution in [0.25, 0.3) is 0 Å². The van der Waals surface area contributed by atoms with Gasteiger partial charge >= 0.3 is 12.1 Å². The number of ether oxygens (including phenoxy) is 2. The van der Waals surface area contributed by atoms with E-state index in [0.29, 0.717) is 11.3 Å². The van der Waals surface area contributed by atoms with Gasteiger partial charge in [0.2, 0.25) is 11.7 Å². The van der Waals surface area contributed by atoms with Gasteiger partial charge in [-0.05, 0) is 47.4 Å². The Hall–Kier alpha value is -4.43. The number of carbonyl (C=O) groups excluding carboxylic acids is 4. The lowest BCUT2D eigenvalue weighted by molar-refractivity contribution is -0.165. The van der Waals surface area contributed by atoms with Crippen LogP contribution in [-0.2, 0) is 25.6 Å². The van der Waals surface area contributed by atoms with Crippen LogP contribution < -0.4 is 25.4 Å². The summed E-state index contributed by atoms with van der Waals surface area (Å²) < 4.78 is 78.4. The Bertz CT molecular complexity index is 1600. The third kappa shape index (κ3) is 11.3. The first-order valence-electron chi connectivity index (χ1n) is 14.6. The number of ketones is 1. The predicted molar refractivity (Wildman–Crippen MR) is 171 cm³/mol. The summed E-state index contributed by atoms with van der Waals surface area (Å²) in [5.74, 6) is -12.2. The van der Waals surface area contributed by atoms with Gasteiger partial charge in [-0.1, -0.05) is 79.5 Å². The van der Waals surface area contributed by atoms with E-state index in [2.05, 4.69) is 10.6 Å². The van der Waals surface area contributed by atoms with Gasteiger partial charge in [0.05, 0.1) is 13.2 Å². The molecule has 0 aliphatic carbocycles. The molecule has 3 atom stereocenters. The fourth-order valence-corrected chi connectivity index (χ4v) is 4.98. The summed E-state index contributed by atoms with van der Waals surface area (Å²) >= 11 is 12.2. The highest BCUT2D eigenvalue weighted by Gasteiger charge is 2.52. The number of nitrogens with one attached hydrogen (secondary N) is 3. The van der Waals surface area contributed by atoms with Gasteiger partial charge in [0.25, 0.3) is 11.8 Å². The summed E-state index contributed by atoms with van der Waals surface area (Å²) in [5, 5.41) is 6.09. The number of amides is 3. The molecule has 0 saturated heterocycles. The van der Waals surface area contributed by atoms with Crippen LogP contribution >= 0.6 is 23.2 Å². The van der Waals surface area contributed by atoms with Crippen molar-refractivity contribution in [3.05, 3.63) is 94.0 Å². The zero-order chi connectivity index (χ0) is 36.5. The van der Waals surface area contributed by atoms with Crippen molar-refractivity contribution < 1.29 is 50.6 Å². The van der Waals surface area contributed by atoms with Crippen molar-refractivity contribution in [3.63, 3.8) is 0 Å². The first kappa shape index (κ1) is 39.0. The van der Waals surface area contributed by atoms with E-state index in [1.807, 2.05) is 0 Å². The van der Waals surface area contributed by atoms with Crippen LogP contribution in [0.1, 0.15) is 31.0 Å². The summed E-state index contributed by atoms with van der Waals surface area (Å²) in [6, 6.07) is 15.0. The Morgan fingerprint density at radius 1 is 0.796 bits per heavy atom. The van der Waals surface area contributed by atoms with E-state index in [9.17, 15) is 41.1 Å². The van der Waals surface area contributed by atoms with E-state index in [-0.39, 0.29) is 27.8 Å². The van der Waals surface area contributed by atoms with Crippen LogP contribution in [0, 0.1) is 5.92 Å². The maximum Gasteiger partial charge on any atom is 0.405 e. The first-order valence-corrected chi connectivity index (χ1v) is 15.4. The molecule has 0 fully saturated rings. The molecule has 49 heavy (non-hydrogen) atoms. The fraction of sp³-hybridized carbons (Fsp3) is 0.333. The second-order valence-electron chi connectivity index (χ2n) is 11.1. The van der Waals surface area contributed by atoms with Crippen LogP contribution in [0.5, 0.6) is 11.5 Å². The van der Waals surface area contributed by atoms with Crippen molar-refractivity contribution in [2.45, 2.75) is 50.6 Å². The molecule has 3 amide bonds. The summed E-state index contributed by atoms with van der Waals surface area (Å²) in [4.78, 5) is 52.4. The molecule has 0 spiro atoms. The molecule has 0 saturated carbocycles. The highest BCUT2D eigenvalue weighted by molar-refractivity contribution is 6.34. The van der Waals surface area contributed by atoms with Crippen LogP contribution in [0.2, 0.25) is 10.0 Å². The van der Waals surface area contributed by atoms with Gasteiger partial charge in [0, 0.05) is 16.5 Å². The summed E-state index contributed by atoms with van der Waals surface area (Å²) in [7, 11) is 1.39. The molecule has 0 aromatic heterocycles. The van der Waals surface area contributed by atoms with E-state index in [1.165, 1.54) is 63.4 Å². The first-order chi connectivity index (χ1) is 22.9. The lowest BCUT2D eigenvalue weighted by atomic mass is 9.94. The molecule has 0 radical (unpaired) electrons. The van der Waals surface area contributed by atoms with Gasteiger partial charge in [-0.3, -0.25) is 19.2 Å². The number of hydrogen-bond donors (Lipinski definition) is 3. The lowest BCUT2D eigenvalue weighted by Gasteiger charge is -2.28. The standard InChI is InChI=1S/C33H32Cl2F5N3O6/c1-18(2)26(28(44)33(39,40)31(47)41-17-32(36,37)38)42-30(46)27(20-9-11-23(48-3)12-10-20)43-29(45)25(13-19-7-5-4-6-8-19)49-24-15-21(34)14-22(35)16-24/h4-12,14-16,18,25-27H,13,17H2,1-3H3,(H,41,47)(H,42,46)(H,43,45)/t25-,26+,27+/m1/s1. The topological polar surface area (TPSA) is 123 Å². The third-order valence-electron chi connectivity index (χ3n) is 6.96. The van der Waals surface area contributed by atoms with Crippen molar-refractivity contribution in [3.8, 4) is 11.5 Å². The van der Waals surface area contributed by atoms with Crippen molar-refractivity contribution in [2.24, 2.45) is 5.92 Å². The van der Waals surface area contributed by atoms with Crippen molar-refractivity contribution in [2.75, 3.05) is 13.7 Å². The zero-order valence-corrected chi connectivity index (χ0v) is 27.8. The molecule has 264 valence electrons. The SMILES string of the molecule is COc1ccc([C@H](NC(=O)[C@@H](Cc2ccccc2)Oc2cc(Cl)cc(Cl)c2)C(=O)N[C@H](C(=O)C(F)(F)C(=O)NCC(F)(F)F)C(C)C)cc1. The third-order valence-corrected chi connectivity index (χ3v) is 7.40. The van der Waals surface area contributed by atoms with E-state index in [4.69, 9.17) is 32.7 Å². The monoisotopic (exact) mass is 731 g/mol. The Morgan fingerprint density at radius 3 is 1.92 bits per heavy atom. The number of rotatable bonds is 15. The van der Waals surface area contributed by atoms with Crippen molar-refractivity contribution in [1.82, 2.24) is 16.0 Å². The van der Waals surface area contributed by atoms with E-state index >= 15 is 0 Å². The molecule has 0 bridgehead atoms. The predicted octanol–water partition coefficient (Wildman–Crippen LogP) is 5.87. The van der Waals surface area contributed by atoms with Gasteiger partial charge in [-0.2, -0.15) is 22.0 Å². The van der Waals surface area contributed by atoms with Crippen LogP contribution in [0.3, 0.4) is 0 Å². The second kappa shape index (κ2) is 16.8. The van der Waals surface area contributed by atoms with Crippen LogP contribution in [-0.4, -0.2) is 61.4 Å². The Morgan fingerprint density at radius 2 is 1.39 bits per heavy atom. The molecule has 0 aliphatic heterocycles. The number of benzene rings is 3. The number of hydrogen-bond acceptors (Lipinski definition) is 6. The van der Waals surface area contributed by atoms with E-state index in [0.717, 1.165) is 5.32 Å². The summed E-state index contributed by atoms with van der Waals surface area (Å²) in [6.45, 7) is 0.438. The molecule has 0 unspecified atom stereocenters. The average molecular weight is 733 g/mol. The highest BCUT2D eigenvalue weighted by Crippen LogP contribution is 2.27. The summed E-state index contributed by atoms with van der Waals surface area (Å²) in [5.41, 5.74) is 0.790. The van der Waals surface area contributed by atoms with Gasteiger partial charge in [-0.15, -0.1) is 0 Å². The van der Waals surface area contributed by atoms with Gasteiger partial charge in [0.15, 0.2) is 6.10 Å². The molecule has 16 heteroatoms. The molecule has 3 aromatic rings. The van der Waals surface area contributed by atoms with Gasteiger partial charge in [-0.25, -0.2) is 0 Å².